The zero-order valence-electron chi connectivity index (χ0n) is 15.1. The fourth-order valence-electron chi connectivity index (χ4n) is 1.92. The Hall–Kier alpha value is -2.72. The summed E-state index contributed by atoms with van der Waals surface area (Å²) in [4.78, 5) is 14.4. The molecule has 0 amide bonds. The second-order valence-electron chi connectivity index (χ2n) is 5.36. The SMILES string of the molecule is C=C/C(Nc1ccc(F)cc1)=C(C)\C=C/C.CC(=O)c1ccc(Cl)nc1. The third kappa shape index (κ3) is 7.45. The van der Waals surface area contributed by atoms with Crippen molar-refractivity contribution in [3.05, 3.63) is 95.2 Å². The van der Waals surface area contributed by atoms with Crippen molar-refractivity contribution in [3.63, 3.8) is 0 Å². The van der Waals surface area contributed by atoms with Crippen LogP contribution in [0.5, 0.6) is 0 Å². The topological polar surface area (TPSA) is 42.0 Å². The number of pyridine rings is 1. The number of rotatable bonds is 5. The molecule has 0 unspecified atom stereocenters. The maximum Gasteiger partial charge on any atom is 0.161 e. The molecule has 2 rings (SSSR count). The Bertz CT molecular complexity index is 794. The molecule has 0 spiro atoms. The highest BCUT2D eigenvalue weighted by atomic mass is 35.5. The Morgan fingerprint density at radius 2 is 1.85 bits per heavy atom. The number of carbonyl (C=O) groups is 1. The van der Waals surface area contributed by atoms with Gasteiger partial charge >= 0.3 is 0 Å². The number of Topliss-reactive ketones (excluding diaryl/α,β-unsaturated/α-hetero) is 1. The number of hydrogen-bond acceptors (Lipinski definition) is 3. The Morgan fingerprint density at radius 3 is 2.31 bits per heavy atom. The van der Waals surface area contributed by atoms with E-state index < -0.39 is 0 Å². The summed E-state index contributed by atoms with van der Waals surface area (Å²) < 4.78 is 12.7. The second kappa shape index (κ2) is 11.0. The zero-order chi connectivity index (χ0) is 19.5. The molecule has 5 heteroatoms. The summed E-state index contributed by atoms with van der Waals surface area (Å²) in [5.41, 5.74) is 3.44. The van der Waals surface area contributed by atoms with Crippen LogP contribution >= 0.6 is 11.6 Å². The minimum absolute atomic E-state index is 0.00386. The molecule has 0 saturated carbocycles. The molecule has 1 aromatic carbocycles. The average molecular weight is 373 g/mol. The first-order valence-corrected chi connectivity index (χ1v) is 8.36. The molecule has 1 aromatic heterocycles. The van der Waals surface area contributed by atoms with Crippen LogP contribution in [0.3, 0.4) is 0 Å². The van der Waals surface area contributed by atoms with Gasteiger partial charge in [-0.1, -0.05) is 30.3 Å². The lowest BCUT2D eigenvalue weighted by Crippen LogP contribution is -1.98. The molecule has 0 radical (unpaired) electrons. The van der Waals surface area contributed by atoms with Crippen LogP contribution in [-0.4, -0.2) is 10.8 Å². The van der Waals surface area contributed by atoms with Crippen molar-refractivity contribution in [2.24, 2.45) is 0 Å². The van der Waals surface area contributed by atoms with Crippen molar-refractivity contribution in [2.45, 2.75) is 20.8 Å². The van der Waals surface area contributed by atoms with Gasteiger partial charge in [-0.25, -0.2) is 9.37 Å². The summed E-state index contributed by atoms with van der Waals surface area (Å²) in [6.45, 7) is 9.19. The molecule has 0 saturated heterocycles. The highest BCUT2D eigenvalue weighted by Crippen LogP contribution is 2.14. The molecular formula is C21H22ClFN2O. The largest absolute Gasteiger partial charge is 0.355 e. The Balaban J connectivity index is 0.000000289. The van der Waals surface area contributed by atoms with Gasteiger partial charge in [0.1, 0.15) is 11.0 Å². The van der Waals surface area contributed by atoms with Crippen molar-refractivity contribution in [1.82, 2.24) is 4.98 Å². The van der Waals surface area contributed by atoms with E-state index in [2.05, 4.69) is 16.9 Å². The van der Waals surface area contributed by atoms with Gasteiger partial charge in [0.2, 0.25) is 0 Å². The third-order valence-electron chi connectivity index (χ3n) is 3.30. The summed E-state index contributed by atoms with van der Waals surface area (Å²) >= 11 is 5.49. The second-order valence-corrected chi connectivity index (χ2v) is 5.75. The van der Waals surface area contributed by atoms with Gasteiger partial charge in [-0.05, 0) is 68.8 Å². The minimum atomic E-state index is -0.236. The number of ketones is 1. The monoisotopic (exact) mass is 372 g/mol. The van der Waals surface area contributed by atoms with E-state index in [-0.39, 0.29) is 11.6 Å². The number of halogens is 2. The highest BCUT2D eigenvalue weighted by molar-refractivity contribution is 6.29. The number of allylic oxidation sites excluding steroid dienone is 4. The molecule has 0 bridgehead atoms. The predicted molar refractivity (Wildman–Crippen MR) is 107 cm³/mol. The first-order valence-electron chi connectivity index (χ1n) is 7.98. The summed E-state index contributed by atoms with van der Waals surface area (Å²) in [6.07, 6.45) is 7.17. The van der Waals surface area contributed by atoms with E-state index in [4.69, 9.17) is 11.6 Å². The van der Waals surface area contributed by atoms with Gasteiger partial charge < -0.3 is 5.32 Å². The highest BCUT2D eigenvalue weighted by Gasteiger charge is 1.98. The summed E-state index contributed by atoms with van der Waals surface area (Å²) in [7, 11) is 0. The molecule has 0 aliphatic carbocycles. The molecule has 136 valence electrons. The standard InChI is InChI=1S/C14H16FN.C7H6ClNO/c1-4-6-11(3)14(5-2)16-13-9-7-12(15)8-10-13;1-5(10)6-2-3-7(8)9-4-6/h4-10,16H,2H2,1,3H3;2-4H,1H3/b6-4-,14-11+;. The fourth-order valence-corrected chi connectivity index (χ4v) is 2.03. The molecule has 2 aromatic rings. The van der Waals surface area contributed by atoms with Gasteiger partial charge in [-0.3, -0.25) is 4.79 Å². The minimum Gasteiger partial charge on any atom is -0.355 e. The van der Waals surface area contributed by atoms with Gasteiger partial charge in [0.25, 0.3) is 0 Å². The normalized spacial score (nSPS) is 11.3. The third-order valence-corrected chi connectivity index (χ3v) is 3.53. The van der Waals surface area contributed by atoms with E-state index in [1.54, 1.807) is 30.3 Å². The number of aromatic nitrogens is 1. The maximum absolute atomic E-state index is 12.7. The number of anilines is 1. The van der Waals surface area contributed by atoms with Crippen molar-refractivity contribution < 1.29 is 9.18 Å². The number of carbonyl (C=O) groups excluding carboxylic acids is 1. The first kappa shape index (κ1) is 21.3. The van der Waals surface area contributed by atoms with Gasteiger partial charge in [0.05, 0.1) is 0 Å². The molecule has 3 nitrogen and oxygen atoms in total. The van der Waals surface area contributed by atoms with Gasteiger partial charge in [-0.2, -0.15) is 0 Å². The number of nitrogens with one attached hydrogen (secondary N) is 1. The van der Waals surface area contributed by atoms with Crippen LogP contribution in [0.1, 0.15) is 31.1 Å². The maximum atomic E-state index is 12.7. The van der Waals surface area contributed by atoms with E-state index >= 15 is 0 Å². The fraction of sp³-hybridized carbons (Fsp3) is 0.143. The molecule has 1 heterocycles. The average Bonchev–Trinajstić information content (AvgIpc) is 2.62. The van der Waals surface area contributed by atoms with Crippen molar-refractivity contribution in [1.29, 1.82) is 0 Å². The molecule has 0 aliphatic rings. The number of nitrogens with zero attached hydrogens (tertiary/aromatic N) is 1. The number of hydrogen-bond donors (Lipinski definition) is 1. The van der Waals surface area contributed by atoms with Crippen molar-refractivity contribution in [3.8, 4) is 0 Å². The summed E-state index contributed by atoms with van der Waals surface area (Å²) in [6, 6.07) is 9.49. The van der Waals surface area contributed by atoms with E-state index in [0.29, 0.717) is 10.7 Å². The zero-order valence-corrected chi connectivity index (χ0v) is 15.8. The lowest BCUT2D eigenvalue weighted by molar-refractivity contribution is 0.101. The van der Waals surface area contributed by atoms with Gasteiger partial charge in [-0.15, -0.1) is 0 Å². The van der Waals surface area contributed by atoms with Crippen LogP contribution in [-0.2, 0) is 0 Å². The quantitative estimate of drug-likeness (QED) is 0.385. The van der Waals surface area contributed by atoms with Crippen LogP contribution in [0.25, 0.3) is 0 Å². The van der Waals surface area contributed by atoms with Crippen molar-refractivity contribution >= 4 is 23.1 Å². The Labute approximate surface area is 158 Å². The Kier molecular flexibility index (Phi) is 9.02. The van der Waals surface area contributed by atoms with Gasteiger partial charge in [0.15, 0.2) is 5.78 Å². The van der Waals surface area contributed by atoms with E-state index in [0.717, 1.165) is 17.0 Å². The van der Waals surface area contributed by atoms with E-state index in [1.165, 1.54) is 25.3 Å². The van der Waals surface area contributed by atoms with E-state index in [9.17, 15) is 9.18 Å². The number of benzene rings is 1. The molecule has 1 N–H and O–H groups in total. The van der Waals surface area contributed by atoms with Crippen LogP contribution in [0, 0.1) is 5.82 Å². The molecular weight excluding hydrogens is 351 g/mol. The summed E-state index contributed by atoms with van der Waals surface area (Å²) in [5, 5.41) is 3.59. The predicted octanol–water partition coefficient (Wildman–Crippen LogP) is 6.21. The van der Waals surface area contributed by atoms with Crippen LogP contribution < -0.4 is 5.32 Å². The summed E-state index contributed by atoms with van der Waals surface area (Å²) in [5.74, 6) is -0.232. The van der Waals surface area contributed by atoms with Gasteiger partial charge in [0, 0.05) is 23.1 Å². The Morgan fingerprint density at radius 1 is 1.19 bits per heavy atom. The molecule has 26 heavy (non-hydrogen) atoms. The first-order chi connectivity index (χ1) is 12.4. The van der Waals surface area contributed by atoms with E-state index in [1.807, 2.05) is 26.0 Å². The van der Waals surface area contributed by atoms with Crippen LogP contribution in [0.4, 0.5) is 10.1 Å². The van der Waals surface area contributed by atoms with Crippen molar-refractivity contribution in [2.75, 3.05) is 5.32 Å². The molecule has 0 fully saturated rings. The lowest BCUT2D eigenvalue weighted by atomic mass is 10.2. The van der Waals surface area contributed by atoms with Crippen LogP contribution in [0.2, 0.25) is 5.15 Å². The smallest absolute Gasteiger partial charge is 0.161 e. The van der Waals surface area contributed by atoms with Crippen LogP contribution in [0.15, 0.2) is 78.7 Å². The lowest BCUT2D eigenvalue weighted by Gasteiger charge is -2.09. The molecule has 0 aliphatic heterocycles. The molecule has 0 atom stereocenters.